The highest BCUT2D eigenvalue weighted by molar-refractivity contribution is 6.14. The first-order valence-corrected chi connectivity index (χ1v) is 20.5. The van der Waals surface area contributed by atoms with Crippen molar-refractivity contribution in [3.05, 3.63) is 229 Å². The summed E-state index contributed by atoms with van der Waals surface area (Å²) in [6.07, 6.45) is 0. The first kappa shape index (κ1) is 33.1. The number of hydrogen-bond acceptors (Lipinski definition) is 3. The number of fused-ring (bicyclic) bond motifs is 13. The van der Waals surface area contributed by atoms with Gasteiger partial charge in [-0.15, -0.1) is 0 Å². The average Bonchev–Trinajstić information content (AvgIpc) is 3.82. The third kappa shape index (κ3) is 4.42. The minimum absolute atomic E-state index is 0.523. The molecule has 0 radical (unpaired) electrons. The molecule has 60 heavy (non-hydrogen) atoms. The Bertz CT molecular complexity index is 3490. The molecule has 0 saturated carbocycles. The molecule has 13 rings (SSSR count). The van der Waals surface area contributed by atoms with E-state index in [0.717, 1.165) is 27.5 Å². The van der Waals surface area contributed by atoms with Gasteiger partial charge in [-0.2, -0.15) is 0 Å². The van der Waals surface area contributed by atoms with Gasteiger partial charge in [-0.3, -0.25) is 0 Å². The first-order valence-electron chi connectivity index (χ1n) is 20.5. The van der Waals surface area contributed by atoms with Crippen molar-refractivity contribution in [2.45, 2.75) is 5.41 Å². The summed E-state index contributed by atoms with van der Waals surface area (Å²) in [6, 6.07) is 74.5. The number of hydrogen-bond donors (Lipinski definition) is 0. The highest BCUT2D eigenvalue weighted by Gasteiger charge is 2.51. The lowest BCUT2D eigenvalue weighted by atomic mass is 9.65. The minimum atomic E-state index is -0.523. The van der Waals surface area contributed by atoms with E-state index in [1.165, 1.54) is 72.0 Å². The second-order valence-electron chi connectivity index (χ2n) is 15.8. The van der Waals surface area contributed by atoms with Crippen LogP contribution in [0.2, 0.25) is 0 Å². The van der Waals surface area contributed by atoms with Crippen LogP contribution in [0.5, 0.6) is 0 Å². The lowest BCUT2D eigenvalue weighted by Gasteiger charge is -2.39. The average molecular weight is 763 g/mol. The molecule has 9 aromatic carbocycles. The standard InChI is InChI=1S/C56H34N4/c1-3-17-35(18-4-1)53-57-54(36-19-5-2-6-20-36)59-55(58-53)43-28-14-23-37-38(24-13-25-39(37)43)41-26-15-31-47-51(41)44-22-7-9-29-45(44)56(47)46-30-10-12-34-50(46)60-49-33-11-8-21-40(49)42-27-16-32-48(56)52(42)60/h1-34H. The molecule has 4 nitrogen and oxygen atoms in total. The van der Waals surface area contributed by atoms with Crippen molar-refractivity contribution >= 4 is 32.6 Å². The highest BCUT2D eigenvalue weighted by Crippen LogP contribution is 2.62. The van der Waals surface area contributed by atoms with Crippen LogP contribution in [0.1, 0.15) is 22.3 Å². The van der Waals surface area contributed by atoms with Gasteiger partial charge in [0, 0.05) is 27.5 Å². The molecule has 4 heteroatoms. The predicted octanol–water partition coefficient (Wildman–Crippen LogP) is 13.5. The van der Waals surface area contributed by atoms with Crippen LogP contribution in [0, 0.1) is 0 Å². The molecule has 1 atom stereocenters. The zero-order valence-electron chi connectivity index (χ0n) is 32.4. The molecule has 1 aliphatic carbocycles. The predicted molar refractivity (Wildman–Crippen MR) is 244 cm³/mol. The summed E-state index contributed by atoms with van der Waals surface area (Å²) in [5.74, 6) is 1.95. The van der Waals surface area contributed by atoms with E-state index in [9.17, 15) is 0 Å². The monoisotopic (exact) mass is 762 g/mol. The van der Waals surface area contributed by atoms with Crippen molar-refractivity contribution in [2.24, 2.45) is 0 Å². The van der Waals surface area contributed by atoms with Gasteiger partial charge in [0.25, 0.3) is 0 Å². The van der Waals surface area contributed by atoms with Gasteiger partial charge >= 0.3 is 0 Å². The van der Waals surface area contributed by atoms with Crippen molar-refractivity contribution in [1.29, 1.82) is 0 Å². The van der Waals surface area contributed by atoms with Crippen molar-refractivity contribution in [3.63, 3.8) is 0 Å². The fraction of sp³-hybridized carbons (Fsp3) is 0.0179. The third-order valence-corrected chi connectivity index (χ3v) is 12.9. The van der Waals surface area contributed by atoms with Crippen molar-refractivity contribution < 1.29 is 0 Å². The molecule has 1 unspecified atom stereocenters. The summed E-state index contributed by atoms with van der Waals surface area (Å²) >= 11 is 0. The Morgan fingerprint density at radius 1 is 0.317 bits per heavy atom. The van der Waals surface area contributed by atoms with E-state index in [2.05, 4.69) is 174 Å². The van der Waals surface area contributed by atoms with Gasteiger partial charge in [-0.1, -0.05) is 194 Å². The third-order valence-electron chi connectivity index (χ3n) is 12.9. The van der Waals surface area contributed by atoms with E-state index in [-0.39, 0.29) is 0 Å². The Hall–Kier alpha value is -7.95. The molecule has 2 aliphatic rings. The second kappa shape index (κ2) is 12.5. The Morgan fingerprint density at radius 2 is 0.817 bits per heavy atom. The maximum atomic E-state index is 5.15. The highest BCUT2D eigenvalue weighted by atomic mass is 15.0. The molecule has 0 bridgehead atoms. The molecule has 2 aromatic heterocycles. The van der Waals surface area contributed by atoms with Crippen LogP contribution in [0.25, 0.3) is 94.7 Å². The summed E-state index contributed by atoms with van der Waals surface area (Å²) in [6.45, 7) is 0. The number of para-hydroxylation sites is 3. The molecule has 3 heterocycles. The molecule has 11 aromatic rings. The zero-order valence-corrected chi connectivity index (χ0v) is 32.4. The van der Waals surface area contributed by atoms with E-state index in [4.69, 9.17) is 15.0 Å². The maximum Gasteiger partial charge on any atom is 0.164 e. The van der Waals surface area contributed by atoms with Gasteiger partial charge < -0.3 is 4.57 Å². The summed E-state index contributed by atoms with van der Waals surface area (Å²) in [5, 5.41) is 4.80. The summed E-state index contributed by atoms with van der Waals surface area (Å²) < 4.78 is 2.50. The Kier molecular flexibility index (Phi) is 6.90. The van der Waals surface area contributed by atoms with E-state index in [1.807, 2.05) is 36.4 Å². The molecule has 0 fully saturated rings. The first-order chi connectivity index (χ1) is 29.8. The van der Waals surface area contributed by atoms with E-state index in [0.29, 0.717) is 17.5 Å². The number of aromatic nitrogens is 4. The van der Waals surface area contributed by atoms with E-state index in [1.54, 1.807) is 0 Å². The van der Waals surface area contributed by atoms with Crippen LogP contribution in [0.3, 0.4) is 0 Å². The van der Waals surface area contributed by atoms with Crippen LogP contribution < -0.4 is 0 Å². The maximum absolute atomic E-state index is 5.15. The molecule has 1 aliphatic heterocycles. The minimum Gasteiger partial charge on any atom is -0.309 e. The SMILES string of the molecule is c1ccc(-c2nc(-c3ccccc3)nc(-c3cccc4c(-c5cccc6c5-c5ccccc5C65c6ccccc6-n6c7ccccc7c7cccc5c76)cccc34)n2)cc1. The second-order valence-corrected chi connectivity index (χ2v) is 15.8. The fourth-order valence-electron chi connectivity index (χ4n) is 10.5. The van der Waals surface area contributed by atoms with Crippen LogP contribution in [-0.2, 0) is 5.41 Å². The van der Waals surface area contributed by atoms with Gasteiger partial charge in [0.15, 0.2) is 17.5 Å². The van der Waals surface area contributed by atoms with Crippen LogP contribution in [0.4, 0.5) is 0 Å². The quantitative estimate of drug-likeness (QED) is 0.179. The van der Waals surface area contributed by atoms with Crippen LogP contribution in [0.15, 0.2) is 206 Å². The number of nitrogens with zero attached hydrogens (tertiary/aromatic N) is 4. The lowest BCUT2D eigenvalue weighted by molar-refractivity contribution is 0.748. The number of rotatable bonds is 4. The van der Waals surface area contributed by atoms with Gasteiger partial charge in [0.2, 0.25) is 0 Å². The molecular formula is C56H34N4. The number of benzene rings is 9. The van der Waals surface area contributed by atoms with Gasteiger partial charge in [0.1, 0.15) is 0 Å². The van der Waals surface area contributed by atoms with Gasteiger partial charge in [0.05, 0.1) is 22.1 Å². The van der Waals surface area contributed by atoms with Gasteiger partial charge in [-0.25, -0.2) is 15.0 Å². The molecule has 1 spiro atoms. The molecule has 278 valence electrons. The normalized spacial score (nSPS) is 14.7. The van der Waals surface area contributed by atoms with Crippen molar-refractivity contribution in [2.75, 3.05) is 0 Å². The van der Waals surface area contributed by atoms with Crippen molar-refractivity contribution in [3.8, 4) is 62.1 Å². The van der Waals surface area contributed by atoms with Crippen molar-refractivity contribution in [1.82, 2.24) is 19.5 Å². The van der Waals surface area contributed by atoms with Crippen LogP contribution >= 0.6 is 0 Å². The molecular weight excluding hydrogens is 729 g/mol. The Balaban J connectivity index is 1.07. The zero-order chi connectivity index (χ0) is 39.4. The molecule has 0 N–H and O–H groups in total. The van der Waals surface area contributed by atoms with Gasteiger partial charge in [-0.05, 0) is 67.4 Å². The Labute approximate surface area is 346 Å². The smallest absolute Gasteiger partial charge is 0.164 e. The topological polar surface area (TPSA) is 43.6 Å². The molecule has 0 amide bonds. The largest absolute Gasteiger partial charge is 0.309 e. The van der Waals surface area contributed by atoms with E-state index >= 15 is 0 Å². The summed E-state index contributed by atoms with van der Waals surface area (Å²) in [4.78, 5) is 15.3. The summed E-state index contributed by atoms with van der Waals surface area (Å²) in [7, 11) is 0. The lowest BCUT2D eigenvalue weighted by Crippen LogP contribution is -2.33. The molecule has 0 saturated heterocycles. The fourth-order valence-corrected chi connectivity index (χ4v) is 10.5. The summed E-state index contributed by atoms with van der Waals surface area (Å²) in [5.41, 5.74) is 16.3. The van der Waals surface area contributed by atoms with Crippen LogP contribution in [-0.4, -0.2) is 19.5 Å². The Morgan fingerprint density at radius 3 is 1.60 bits per heavy atom. The van der Waals surface area contributed by atoms with E-state index < -0.39 is 5.41 Å².